The number of rotatable bonds is 6. The highest BCUT2D eigenvalue weighted by Gasteiger charge is 2.16. The molecular weight excluding hydrogens is 394 g/mol. The van der Waals surface area contributed by atoms with Gasteiger partial charge in [0.05, 0.1) is 22.9 Å². The van der Waals surface area contributed by atoms with Gasteiger partial charge >= 0.3 is 0 Å². The molecule has 0 saturated carbocycles. The highest BCUT2D eigenvalue weighted by Crippen LogP contribution is 2.20. The molecule has 2 N–H and O–H groups in total. The van der Waals surface area contributed by atoms with Gasteiger partial charge in [-0.2, -0.15) is 0 Å². The maximum absolute atomic E-state index is 13.2. The number of aryl methyl sites for hydroxylation is 2. The predicted octanol–water partition coefficient (Wildman–Crippen LogP) is 3.85. The van der Waals surface area contributed by atoms with Crippen molar-refractivity contribution in [2.75, 3.05) is 10.0 Å². The normalized spacial score (nSPS) is 11.4. The first-order chi connectivity index (χ1) is 12.7. The van der Waals surface area contributed by atoms with Gasteiger partial charge in [0.25, 0.3) is 10.0 Å². The minimum absolute atomic E-state index is 0.126. The number of anilines is 2. The second kappa shape index (κ2) is 7.57. The SMILES string of the molecule is Cc1nc(CNc2ccc(S(=O)(=O)Nc3cc(F)cc(F)c3)cn2)c(C)s1. The molecule has 0 aliphatic rings. The Hall–Kier alpha value is -2.59. The summed E-state index contributed by atoms with van der Waals surface area (Å²) in [5.74, 6) is -1.27. The first-order valence-corrected chi connectivity index (χ1v) is 10.1. The third kappa shape index (κ3) is 4.77. The summed E-state index contributed by atoms with van der Waals surface area (Å²) in [7, 11) is -4.02. The van der Waals surface area contributed by atoms with E-state index in [2.05, 4.69) is 20.0 Å². The molecule has 142 valence electrons. The second-order valence-electron chi connectivity index (χ2n) is 5.73. The Bertz CT molecular complexity index is 1050. The van der Waals surface area contributed by atoms with Crippen LogP contribution in [0.3, 0.4) is 0 Å². The van der Waals surface area contributed by atoms with E-state index in [1.165, 1.54) is 18.3 Å². The van der Waals surface area contributed by atoms with Crippen LogP contribution in [-0.2, 0) is 16.6 Å². The Labute approximate surface area is 159 Å². The van der Waals surface area contributed by atoms with Gasteiger partial charge < -0.3 is 5.32 Å². The smallest absolute Gasteiger partial charge is 0.263 e. The second-order valence-corrected chi connectivity index (χ2v) is 8.82. The van der Waals surface area contributed by atoms with Crippen LogP contribution in [0.2, 0.25) is 0 Å². The van der Waals surface area contributed by atoms with Crippen molar-refractivity contribution in [3.05, 3.63) is 63.7 Å². The van der Waals surface area contributed by atoms with E-state index < -0.39 is 21.7 Å². The lowest BCUT2D eigenvalue weighted by atomic mass is 10.3. The molecule has 0 aliphatic heterocycles. The number of aromatic nitrogens is 2. The molecule has 0 spiro atoms. The molecule has 6 nitrogen and oxygen atoms in total. The van der Waals surface area contributed by atoms with E-state index >= 15 is 0 Å². The molecular formula is C17H16F2N4O2S2. The van der Waals surface area contributed by atoms with Crippen molar-refractivity contribution < 1.29 is 17.2 Å². The van der Waals surface area contributed by atoms with E-state index in [0.29, 0.717) is 18.4 Å². The van der Waals surface area contributed by atoms with Gasteiger partial charge in [0.1, 0.15) is 22.3 Å². The van der Waals surface area contributed by atoms with Crippen LogP contribution in [0.4, 0.5) is 20.3 Å². The first-order valence-electron chi connectivity index (χ1n) is 7.85. The quantitative estimate of drug-likeness (QED) is 0.645. The van der Waals surface area contributed by atoms with Crippen molar-refractivity contribution in [3.8, 4) is 0 Å². The number of benzene rings is 1. The maximum Gasteiger partial charge on any atom is 0.263 e. The lowest BCUT2D eigenvalue weighted by Gasteiger charge is -2.09. The van der Waals surface area contributed by atoms with Crippen LogP contribution in [0.5, 0.6) is 0 Å². The largest absolute Gasteiger partial charge is 0.364 e. The zero-order valence-corrected chi connectivity index (χ0v) is 16.1. The minimum atomic E-state index is -4.02. The average molecular weight is 410 g/mol. The summed E-state index contributed by atoms with van der Waals surface area (Å²) >= 11 is 1.60. The zero-order valence-electron chi connectivity index (χ0n) is 14.5. The van der Waals surface area contributed by atoms with Crippen molar-refractivity contribution in [3.63, 3.8) is 0 Å². The number of thiazole rings is 1. The number of halogens is 2. The fourth-order valence-corrected chi connectivity index (χ4v) is 4.20. The van der Waals surface area contributed by atoms with Crippen molar-refractivity contribution >= 4 is 32.9 Å². The number of nitrogens with zero attached hydrogens (tertiary/aromatic N) is 2. The van der Waals surface area contributed by atoms with E-state index in [1.54, 1.807) is 11.3 Å². The fraction of sp³-hybridized carbons (Fsp3) is 0.176. The van der Waals surface area contributed by atoms with Crippen molar-refractivity contribution in [1.82, 2.24) is 9.97 Å². The molecule has 27 heavy (non-hydrogen) atoms. The molecule has 1 aromatic carbocycles. The maximum atomic E-state index is 13.2. The Morgan fingerprint density at radius 2 is 1.81 bits per heavy atom. The van der Waals surface area contributed by atoms with Crippen LogP contribution in [0.1, 0.15) is 15.6 Å². The number of hydrogen-bond acceptors (Lipinski definition) is 6. The van der Waals surface area contributed by atoms with E-state index in [1.807, 2.05) is 13.8 Å². The summed E-state index contributed by atoms with van der Waals surface area (Å²) in [6.45, 7) is 4.37. The average Bonchev–Trinajstić information content (AvgIpc) is 2.89. The molecule has 3 rings (SSSR count). The van der Waals surface area contributed by atoms with Gasteiger partial charge in [0.2, 0.25) is 0 Å². The molecule has 0 aliphatic carbocycles. The number of sulfonamides is 1. The highest BCUT2D eigenvalue weighted by molar-refractivity contribution is 7.92. The third-order valence-corrected chi connectivity index (χ3v) is 5.89. The van der Waals surface area contributed by atoms with Gasteiger partial charge in [0, 0.05) is 17.1 Å². The minimum Gasteiger partial charge on any atom is -0.364 e. The Morgan fingerprint density at radius 1 is 1.11 bits per heavy atom. The van der Waals surface area contributed by atoms with Gasteiger partial charge in [-0.15, -0.1) is 11.3 Å². The first kappa shape index (κ1) is 19.2. The van der Waals surface area contributed by atoms with E-state index in [0.717, 1.165) is 27.7 Å². The van der Waals surface area contributed by atoms with Crippen molar-refractivity contribution in [2.24, 2.45) is 0 Å². The van der Waals surface area contributed by atoms with E-state index in [-0.39, 0.29) is 10.6 Å². The molecule has 0 fully saturated rings. The van der Waals surface area contributed by atoms with Crippen LogP contribution >= 0.6 is 11.3 Å². The molecule has 0 bridgehead atoms. The molecule has 2 heterocycles. The number of hydrogen-bond donors (Lipinski definition) is 2. The van der Waals surface area contributed by atoms with Crippen LogP contribution < -0.4 is 10.0 Å². The van der Waals surface area contributed by atoms with Crippen LogP contribution in [0.15, 0.2) is 41.4 Å². The molecule has 2 aromatic heterocycles. The summed E-state index contributed by atoms with van der Waals surface area (Å²) in [5, 5.41) is 4.05. The predicted molar refractivity (Wildman–Crippen MR) is 100 cm³/mol. The van der Waals surface area contributed by atoms with Crippen LogP contribution in [-0.4, -0.2) is 18.4 Å². The van der Waals surface area contributed by atoms with Gasteiger partial charge in [-0.05, 0) is 38.1 Å². The van der Waals surface area contributed by atoms with Gasteiger partial charge in [-0.3, -0.25) is 4.72 Å². The standard InChI is InChI=1S/C17H16F2N4O2S2/c1-10-16(22-11(2)26-10)9-21-17-4-3-15(8-20-17)27(24,25)23-14-6-12(18)5-13(19)7-14/h3-8,23H,9H2,1-2H3,(H,20,21). The monoisotopic (exact) mass is 410 g/mol. The topological polar surface area (TPSA) is 84.0 Å². The van der Waals surface area contributed by atoms with Gasteiger partial charge in [0.15, 0.2) is 0 Å². The van der Waals surface area contributed by atoms with Crippen molar-refractivity contribution in [2.45, 2.75) is 25.3 Å². The Morgan fingerprint density at radius 3 is 2.37 bits per heavy atom. The third-order valence-electron chi connectivity index (χ3n) is 3.60. The number of nitrogens with one attached hydrogen (secondary N) is 2. The molecule has 3 aromatic rings. The Balaban J connectivity index is 1.70. The molecule has 0 unspecified atom stereocenters. The molecule has 0 atom stereocenters. The Kier molecular flexibility index (Phi) is 5.38. The van der Waals surface area contributed by atoms with E-state index in [9.17, 15) is 17.2 Å². The summed E-state index contributed by atoms with van der Waals surface area (Å²) < 4.78 is 53.2. The van der Waals surface area contributed by atoms with E-state index in [4.69, 9.17) is 0 Å². The number of pyridine rings is 1. The van der Waals surface area contributed by atoms with Gasteiger partial charge in [-0.25, -0.2) is 27.2 Å². The lowest BCUT2D eigenvalue weighted by Crippen LogP contribution is -2.14. The molecule has 0 radical (unpaired) electrons. The van der Waals surface area contributed by atoms with Crippen LogP contribution in [0.25, 0.3) is 0 Å². The zero-order chi connectivity index (χ0) is 19.6. The molecule has 10 heteroatoms. The summed E-state index contributed by atoms with van der Waals surface area (Å²) in [5.41, 5.74) is 0.704. The fourth-order valence-electron chi connectivity index (χ4n) is 2.38. The highest BCUT2D eigenvalue weighted by atomic mass is 32.2. The lowest BCUT2D eigenvalue weighted by molar-refractivity contribution is 0.584. The van der Waals surface area contributed by atoms with Crippen molar-refractivity contribution in [1.29, 1.82) is 0 Å². The summed E-state index contributed by atoms with van der Waals surface area (Å²) in [4.78, 5) is 9.45. The van der Waals surface area contributed by atoms with Crippen LogP contribution in [0, 0.1) is 25.5 Å². The summed E-state index contributed by atoms with van der Waals surface area (Å²) in [6, 6.07) is 5.30. The van der Waals surface area contributed by atoms with Gasteiger partial charge in [-0.1, -0.05) is 0 Å². The molecule has 0 saturated heterocycles. The molecule has 0 amide bonds. The summed E-state index contributed by atoms with van der Waals surface area (Å²) in [6.07, 6.45) is 1.17.